The number of aliphatic hydroxyl groups excluding tert-OH is 1. The first-order valence-electron chi connectivity index (χ1n) is 9.46. The van der Waals surface area contributed by atoms with Crippen LogP contribution in [0.15, 0.2) is 12.2 Å². The summed E-state index contributed by atoms with van der Waals surface area (Å²) in [4.78, 5) is 21.6. The Morgan fingerprint density at radius 3 is 1.36 bits per heavy atom. The molecule has 0 fully saturated rings. The van der Waals surface area contributed by atoms with Crippen molar-refractivity contribution in [3.05, 3.63) is 12.2 Å². The first kappa shape index (κ1) is 31.2. The number of phosphoric acid groups is 1. The maximum atomic E-state index is 8.88. The van der Waals surface area contributed by atoms with E-state index in [2.05, 4.69) is 19.1 Å². The van der Waals surface area contributed by atoms with Gasteiger partial charge >= 0.3 is 59.2 Å². The van der Waals surface area contributed by atoms with Crippen molar-refractivity contribution in [2.24, 2.45) is 0 Å². The molecule has 0 atom stereocenters. The van der Waals surface area contributed by atoms with E-state index in [-0.39, 0.29) is 51.4 Å². The molecule has 25 heavy (non-hydrogen) atoms. The summed E-state index contributed by atoms with van der Waals surface area (Å²) < 4.78 is 8.88. The van der Waals surface area contributed by atoms with Crippen molar-refractivity contribution in [1.82, 2.24) is 0 Å². The van der Waals surface area contributed by atoms with Gasteiger partial charge in [-0.25, -0.2) is 4.57 Å². The molecule has 0 amide bonds. The molecule has 0 aromatic rings. The van der Waals surface area contributed by atoms with E-state index in [1.54, 1.807) is 0 Å². The van der Waals surface area contributed by atoms with Crippen LogP contribution in [0, 0.1) is 0 Å². The number of hydrogen-bond donors (Lipinski definition) is 4. The monoisotopic (exact) mass is 406 g/mol. The van der Waals surface area contributed by atoms with E-state index >= 15 is 0 Å². The summed E-state index contributed by atoms with van der Waals surface area (Å²) in [6.07, 6.45) is 23.2. The summed E-state index contributed by atoms with van der Waals surface area (Å²) in [6.45, 7) is 2.64. The van der Waals surface area contributed by atoms with Crippen molar-refractivity contribution < 1.29 is 24.4 Å². The Hall–Kier alpha value is 1.45. The molecule has 0 radical (unpaired) electrons. The van der Waals surface area contributed by atoms with Crippen LogP contribution < -0.4 is 0 Å². The van der Waals surface area contributed by atoms with Gasteiger partial charge in [-0.1, -0.05) is 76.9 Å². The van der Waals surface area contributed by atoms with Crippen LogP contribution in [0.3, 0.4) is 0 Å². The molecular formula is C18H40KO5P. The van der Waals surface area contributed by atoms with Crippen LogP contribution in [0.25, 0.3) is 0 Å². The van der Waals surface area contributed by atoms with E-state index in [9.17, 15) is 0 Å². The molecule has 0 heterocycles. The van der Waals surface area contributed by atoms with Gasteiger partial charge < -0.3 is 19.8 Å². The average Bonchev–Trinajstić information content (AvgIpc) is 2.49. The van der Waals surface area contributed by atoms with E-state index in [4.69, 9.17) is 24.4 Å². The minimum atomic E-state index is -4.64. The van der Waals surface area contributed by atoms with E-state index in [1.807, 2.05) is 0 Å². The second-order valence-corrected chi connectivity index (χ2v) is 7.20. The first-order valence-corrected chi connectivity index (χ1v) is 11.0. The standard InChI is InChI=1S/C18H36O.K.H3O4P.H/c1-2-3-4-5-6-7-8-9-10-11-12-13-14-15-16-17-18-19;;1-5(2,3)4;/h9-10,19H,2-8,11-18H2,1H3;;(H3,1,2,3,4);/b10-9-;;;. The predicted octanol–water partition coefficient (Wildman–Crippen LogP) is 4.44. The number of aliphatic hydroxyl groups is 1. The molecule has 0 aliphatic heterocycles. The van der Waals surface area contributed by atoms with Crippen molar-refractivity contribution in [2.75, 3.05) is 6.61 Å². The van der Waals surface area contributed by atoms with E-state index < -0.39 is 7.82 Å². The number of hydrogen-bond acceptors (Lipinski definition) is 2. The zero-order chi connectivity index (χ0) is 18.5. The molecule has 0 aliphatic rings. The Bertz CT molecular complexity index is 300. The van der Waals surface area contributed by atoms with Gasteiger partial charge in [0.25, 0.3) is 0 Å². The Labute approximate surface area is 197 Å². The molecule has 0 bridgehead atoms. The van der Waals surface area contributed by atoms with Crippen LogP contribution in [0.2, 0.25) is 0 Å². The molecule has 0 aromatic carbocycles. The summed E-state index contributed by atoms with van der Waals surface area (Å²) in [5, 5.41) is 8.66. The molecule has 7 heteroatoms. The van der Waals surface area contributed by atoms with E-state index in [1.165, 1.54) is 83.5 Å². The van der Waals surface area contributed by atoms with Crippen molar-refractivity contribution in [1.29, 1.82) is 0 Å². The van der Waals surface area contributed by atoms with Crippen molar-refractivity contribution >= 4 is 59.2 Å². The molecule has 0 saturated heterocycles. The molecule has 4 N–H and O–H groups in total. The van der Waals surface area contributed by atoms with Gasteiger partial charge in [-0.3, -0.25) is 0 Å². The van der Waals surface area contributed by atoms with E-state index in [0.29, 0.717) is 6.61 Å². The minimum absolute atomic E-state index is 0. The second kappa shape index (κ2) is 25.4. The molecule has 148 valence electrons. The van der Waals surface area contributed by atoms with Gasteiger partial charge in [0.2, 0.25) is 0 Å². The van der Waals surface area contributed by atoms with E-state index in [0.717, 1.165) is 6.42 Å². The van der Waals surface area contributed by atoms with Gasteiger partial charge in [0.1, 0.15) is 0 Å². The Balaban J connectivity index is -0.000000704. The van der Waals surface area contributed by atoms with Gasteiger partial charge in [-0.05, 0) is 32.1 Å². The fourth-order valence-corrected chi connectivity index (χ4v) is 2.36. The summed E-state index contributed by atoms with van der Waals surface area (Å²) >= 11 is 0. The molecule has 0 aromatic heterocycles. The van der Waals surface area contributed by atoms with Crippen molar-refractivity contribution in [2.45, 2.75) is 96.8 Å². The molecular weight excluding hydrogens is 366 g/mol. The summed E-state index contributed by atoms with van der Waals surface area (Å²) in [6, 6.07) is 0. The molecule has 5 nitrogen and oxygen atoms in total. The predicted molar refractivity (Wildman–Crippen MR) is 108 cm³/mol. The van der Waals surface area contributed by atoms with Crippen LogP contribution >= 0.6 is 7.82 Å². The second-order valence-electron chi connectivity index (χ2n) is 6.17. The normalized spacial score (nSPS) is 11.1. The van der Waals surface area contributed by atoms with Crippen LogP contribution in [0.4, 0.5) is 0 Å². The van der Waals surface area contributed by atoms with Crippen LogP contribution in [0.5, 0.6) is 0 Å². The molecule has 0 saturated carbocycles. The van der Waals surface area contributed by atoms with Gasteiger partial charge in [-0.2, -0.15) is 0 Å². The van der Waals surface area contributed by atoms with Crippen molar-refractivity contribution in [3.8, 4) is 0 Å². The number of unbranched alkanes of at least 4 members (excludes halogenated alkanes) is 12. The van der Waals surface area contributed by atoms with Crippen LogP contribution in [-0.2, 0) is 4.57 Å². The Morgan fingerprint density at radius 2 is 1.00 bits per heavy atom. The summed E-state index contributed by atoms with van der Waals surface area (Å²) in [5.41, 5.74) is 0. The zero-order valence-electron chi connectivity index (χ0n) is 15.4. The maximum absolute atomic E-state index is 8.88. The van der Waals surface area contributed by atoms with Gasteiger partial charge in [0.15, 0.2) is 0 Å². The van der Waals surface area contributed by atoms with Crippen LogP contribution in [-0.4, -0.2) is 77.8 Å². The molecule has 0 aliphatic carbocycles. The van der Waals surface area contributed by atoms with Gasteiger partial charge in [0.05, 0.1) is 0 Å². The topological polar surface area (TPSA) is 98.0 Å². The SMILES string of the molecule is CCCCCCCC/C=C\CCCCCCCCO.O=P(O)(O)O.[KH]. The average molecular weight is 407 g/mol. The van der Waals surface area contributed by atoms with Gasteiger partial charge in [-0.15, -0.1) is 0 Å². The molecule has 0 unspecified atom stereocenters. The Morgan fingerprint density at radius 1 is 0.680 bits per heavy atom. The molecule has 0 rings (SSSR count). The number of allylic oxidation sites excluding steroid dienone is 2. The first-order chi connectivity index (χ1) is 11.4. The zero-order valence-corrected chi connectivity index (χ0v) is 16.3. The Kier molecular flexibility index (Phi) is 31.7. The third-order valence-electron chi connectivity index (χ3n) is 3.67. The van der Waals surface area contributed by atoms with Crippen LogP contribution in [0.1, 0.15) is 96.8 Å². The fourth-order valence-electron chi connectivity index (χ4n) is 2.36. The third kappa shape index (κ3) is 46.0. The third-order valence-corrected chi connectivity index (χ3v) is 3.67. The quantitative estimate of drug-likeness (QED) is 0.139. The van der Waals surface area contributed by atoms with Crippen molar-refractivity contribution in [3.63, 3.8) is 0 Å². The molecule has 0 spiro atoms. The summed E-state index contributed by atoms with van der Waals surface area (Å²) in [5.74, 6) is 0. The van der Waals surface area contributed by atoms with Gasteiger partial charge in [0, 0.05) is 6.61 Å². The number of rotatable bonds is 15. The fraction of sp³-hybridized carbons (Fsp3) is 0.889. The summed E-state index contributed by atoms with van der Waals surface area (Å²) in [7, 11) is -4.64.